The van der Waals surface area contributed by atoms with Crippen molar-refractivity contribution in [1.82, 2.24) is 9.97 Å². The Kier molecular flexibility index (Phi) is 5.60. The number of aromatic amines is 1. The Morgan fingerprint density at radius 2 is 1.67 bits per heavy atom. The Labute approximate surface area is 112 Å². The molecule has 0 saturated carbocycles. The van der Waals surface area contributed by atoms with Crippen molar-refractivity contribution in [2.75, 3.05) is 6.61 Å². The summed E-state index contributed by atoms with van der Waals surface area (Å²) >= 11 is 0. The van der Waals surface area contributed by atoms with E-state index < -0.39 is 8.32 Å². The summed E-state index contributed by atoms with van der Waals surface area (Å²) in [4.78, 5) is 7.39. The number of H-pyrrole nitrogens is 1. The molecule has 0 saturated heterocycles. The van der Waals surface area contributed by atoms with Crippen molar-refractivity contribution in [2.45, 2.75) is 64.6 Å². The lowest BCUT2D eigenvalue weighted by Gasteiger charge is -2.42. The van der Waals surface area contributed by atoms with Crippen LogP contribution in [0.25, 0.3) is 0 Å². The van der Waals surface area contributed by atoms with Crippen LogP contribution in [-0.4, -0.2) is 24.9 Å². The molecule has 0 fully saturated rings. The topological polar surface area (TPSA) is 37.9 Å². The third kappa shape index (κ3) is 3.23. The third-order valence-corrected chi connectivity index (χ3v) is 10.1. The Hall–Kier alpha value is -0.613. The van der Waals surface area contributed by atoms with Crippen molar-refractivity contribution in [2.24, 2.45) is 0 Å². The predicted octanol–water partition coefficient (Wildman–Crippen LogP) is 4.14. The van der Waals surface area contributed by atoms with Gasteiger partial charge in [-0.2, -0.15) is 0 Å². The van der Waals surface area contributed by atoms with E-state index in [1.807, 2.05) is 6.20 Å². The van der Waals surface area contributed by atoms with E-state index in [1.165, 1.54) is 0 Å². The summed E-state index contributed by atoms with van der Waals surface area (Å²) in [6, 6.07) is 0. The molecule has 0 amide bonds. The zero-order valence-corrected chi connectivity index (χ0v) is 13.7. The largest absolute Gasteiger partial charge is 0.416 e. The molecule has 104 valence electrons. The Morgan fingerprint density at radius 1 is 1.11 bits per heavy atom. The molecule has 1 N–H and O–H groups in total. The van der Waals surface area contributed by atoms with E-state index in [0.717, 1.165) is 18.9 Å². The Morgan fingerprint density at radius 3 is 2.06 bits per heavy atom. The van der Waals surface area contributed by atoms with Crippen LogP contribution < -0.4 is 0 Å². The van der Waals surface area contributed by atoms with Gasteiger partial charge < -0.3 is 9.41 Å². The fourth-order valence-corrected chi connectivity index (χ4v) is 8.71. The van der Waals surface area contributed by atoms with Crippen molar-refractivity contribution in [1.29, 1.82) is 0 Å². The summed E-state index contributed by atoms with van der Waals surface area (Å²) in [5, 5.41) is 0. The summed E-state index contributed by atoms with van der Waals surface area (Å²) < 4.78 is 6.47. The highest BCUT2D eigenvalue weighted by Crippen LogP contribution is 2.42. The number of imidazole rings is 1. The van der Waals surface area contributed by atoms with E-state index in [9.17, 15) is 0 Å². The minimum atomic E-state index is -1.70. The highest BCUT2D eigenvalue weighted by Gasteiger charge is 2.44. The van der Waals surface area contributed by atoms with E-state index in [2.05, 4.69) is 51.5 Å². The van der Waals surface area contributed by atoms with Crippen molar-refractivity contribution in [3.05, 3.63) is 18.2 Å². The van der Waals surface area contributed by atoms with E-state index in [4.69, 9.17) is 4.43 Å². The number of hydrogen-bond donors (Lipinski definition) is 1. The highest BCUT2D eigenvalue weighted by atomic mass is 28.4. The molecule has 1 aromatic heterocycles. The van der Waals surface area contributed by atoms with Crippen molar-refractivity contribution in [3.63, 3.8) is 0 Å². The van der Waals surface area contributed by atoms with Gasteiger partial charge in [0.1, 0.15) is 5.82 Å². The first-order valence-electron chi connectivity index (χ1n) is 7.03. The summed E-state index contributed by atoms with van der Waals surface area (Å²) in [6.45, 7) is 14.7. The molecule has 1 aromatic rings. The van der Waals surface area contributed by atoms with Gasteiger partial charge in [0.25, 0.3) is 0 Å². The molecule has 18 heavy (non-hydrogen) atoms. The second-order valence-corrected chi connectivity index (χ2v) is 11.4. The van der Waals surface area contributed by atoms with Gasteiger partial charge in [0.2, 0.25) is 0 Å². The minimum Gasteiger partial charge on any atom is -0.416 e. The van der Waals surface area contributed by atoms with Crippen LogP contribution in [0.2, 0.25) is 16.6 Å². The van der Waals surface area contributed by atoms with Gasteiger partial charge >= 0.3 is 0 Å². The zero-order valence-electron chi connectivity index (χ0n) is 12.7. The van der Waals surface area contributed by atoms with E-state index in [1.54, 1.807) is 6.20 Å². The van der Waals surface area contributed by atoms with Crippen LogP contribution in [-0.2, 0) is 10.8 Å². The second kappa shape index (κ2) is 6.52. The molecule has 0 aliphatic heterocycles. The lowest BCUT2D eigenvalue weighted by atomic mass is 10.4. The van der Waals surface area contributed by atoms with Crippen LogP contribution >= 0.6 is 0 Å². The molecule has 4 heteroatoms. The van der Waals surface area contributed by atoms with Crippen molar-refractivity contribution < 1.29 is 4.43 Å². The van der Waals surface area contributed by atoms with Gasteiger partial charge in [-0.25, -0.2) is 4.98 Å². The van der Waals surface area contributed by atoms with Crippen LogP contribution in [0.1, 0.15) is 47.4 Å². The van der Waals surface area contributed by atoms with E-state index in [-0.39, 0.29) is 0 Å². The zero-order chi connectivity index (χ0) is 13.8. The maximum Gasteiger partial charge on any atom is 0.200 e. The molecule has 0 aliphatic rings. The summed E-state index contributed by atoms with van der Waals surface area (Å²) in [5.74, 6) is 1.02. The number of nitrogens with zero attached hydrogens (tertiary/aromatic N) is 1. The maximum atomic E-state index is 6.47. The van der Waals surface area contributed by atoms with Crippen LogP contribution in [0.15, 0.2) is 12.4 Å². The summed E-state index contributed by atoms with van der Waals surface area (Å²) in [5.41, 5.74) is 1.94. The van der Waals surface area contributed by atoms with Gasteiger partial charge in [0, 0.05) is 25.4 Å². The molecule has 0 aromatic carbocycles. The quantitative estimate of drug-likeness (QED) is 0.755. The minimum absolute atomic E-state index is 0.647. The first-order valence-corrected chi connectivity index (χ1v) is 9.17. The van der Waals surface area contributed by atoms with Crippen molar-refractivity contribution in [3.8, 4) is 0 Å². The Bertz CT molecular complexity index is 312. The van der Waals surface area contributed by atoms with E-state index >= 15 is 0 Å². The second-order valence-electron chi connectivity index (χ2n) is 5.95. The SMILES string of the molecule is CC(C)[Si](OCCc1ncc[nH]1)(C(C)C)C(C)C. The molecule has 0 unspecified atom stereocenters. The maximum absolute atomic E-state index is 6.47. The smallest absolute Gasteiger partial charge is 0.200 e. The van der Waals surface area contributed by atoms with Crippen LogP contribution in [0, 0.1) is 0 Å². The van der Waals surface area contributed by atoms with Crippen LogP contribution in [0.5, 0.6) is 0 Å². The number of rotatable bonds is 7. The molecular formula is C14H28N2OSi. The lowest BCUT2D eigenvalue weighted by Crippen LogP contribution is -2.48. The summed E-state index contributed by atoms with van der Waals surface area (Å²) in [7, 11) is -1.70. The summed E-state index contributed by atoms with van der Waals surface area (Å²) in [6.07, 6.45) is 4.55. The Balaban J connectivity index is 2.67. The van der Waals surface area contributed by atoms with Gasteiger partial charge in [0.15, 0.2) is 8.32 Å². The van der Waals surface area contributed by atoms with Gasteiger partial charge in [0.05, 0.1) is 0 Å². The molecule has 1 heterocycles. The third-order valence-electron chi connectivity index (χ3n) is 3.95. The van der Waals surface area contributed by atoms with Gasteiger partial charge in [-0.05, 0) is 16.6 Å². The van der Waals surface area contributed by atoms with Gasteiger partial charge in [-0.1, -0.05) is 41.5 Å². The lowest BCUT2D eigenvalue weighted by molar-refractivity contribution is 0.279. The monoisotopic (exact) mass is 268 g/mol. The molecule has 1 rings (SSSR count). The van der Waals surface area contributed by atoms with Crippen molar-refractivity contribution >= 4 is 8.32 Å². The predicted molar refractivity (Wildman–Crippen MR) is 79.3 cm³/mol. The molecule has 0 bridgehead atoms. The van der Waals surface area contributed by atoms with Crippen LogP contribution in [0.3, 0.4) is 0 Å². The average molecular weight is 268 g/mol. The van der Waals surface area contributed by atoms with Gasteiger partial charge in [-0.3, -0.25) is 0 Å². The molecule has 0 spiro atoms. The fraction of sp³-hybridized carbons (Fsp3) is 0.786. The molecule has 0 aliphatic carbocycles. The molecule has 0 radical (unpaired) electrons. The number of nitrogens with one attached hydrogen (secondary N) is 1. The average Bonchev–Trinajstić information content (AvgIpc) is 2.75. The molecular weight excluding hydrogens is 240 g/mol. The highest BCUT2D eigenvalue weighted by molar-refractivity contribution is 6.77. The normalized spacial score (nSPS) is 12.9. The molecule has 0 atom stereocenters. The van der Waals surface area contributed by atoms with E-state index in [0.29, 0.717) is 16.6 Å². The standard InChI is InChI=1S/C14H28N2OSi/c1-11(2)18(12(3)4,13(5)6)17-10-7-14-15-8-9-16-14/h8-9,11-13H,7,10H2,1-6H3,(H,15,16). The molecule has 3 nitrogen and oxygen atoms in total. The van der Waals surface area contributed by atoms with Gasteiger partial charge in [-0.15, -0.1) is 0 Å². The first-order chi connectivity index (χ1) is 8.41. The number of aromatic nitrogens is 2. The fourth-order valence-electron chi connectivity index (χ4n) is 3.26. The first kappa shape index (κ1) is 15.4. The van der Waals surface area contributed by atoms with Crippen LogP contribution in [0.4, 0.5) is 0 Å². The number of hydrogen-bond acceptors (Lipinski definition) is 2.